The third kappa shape index (κ3) is 3.15. The van der Waals surface area contributed by atoms with Crippen LogP contribution in [0.3, 0.4) is 0 Å². The van der Waals surface area contributed by atoms with E-state index in [0.29, 0.717) is 18.4 Å². The van der Waals surface area contributed by atoms with Crippen LogP contribution >= 0.6 is 11.8 Å². The number of hydrogen-bond acceptors (Lipinski definition) is 6. The van der Waals surface area contributed by atoms with Crippen molar-refractivity contribution in [3.8, 4) is 17.6 Å². The molecule has 4 aromatic heterocycles. The number of imidazole rings is 1. The van der Waals surface area contributed by atoms with E-state index in [4.69, 9.17) is 15.2 Å². The summed E-state index contributed by atoms with van der Waals surface area (Å²) in [5.41, 5.74) is 3.70. The normalized spacial score (nSPS) is 19.6. The van der Waals surface area contributed by atoms with Gasteiger partial charge in [-0.2, -0.15) is 5.26 Å². The maximum atomic E-state index is 9.05. The van der Waals surface area contributed by atoms with Crippen LogP contribution < -0.4 is 0 Å². The molecule has 5 rings (SSSR count). The summed E-state index contributed by atoms with van der Waals surface area (Å²) in [5.74, 6) is 1.38. The molecule has 7 nitrogen and oxygen atoms in total. The van der Waals surface area contributed by atoms with E-state index in [1.54, 1.807) is 6.20 Å². The van der Waals surface area contributed by atoms with Gasteiger partial charge in [-0.15, -0.1) is 0 Å². The van der Waals surface area contributed by atoms with Crippen molar-refractivity contribution in [2.45, 2.75) is 43.3 Å². The molecule has 0 aromatic carbocycles. The van der Waals surface area contributed by atoms with Crippen molar-refractivity contribution in [2.75, 3.05) is 6.26 Å². The monoisotopic (exact) mass is 403 g/mol. The molecule has 1 aliphatic carbocycles. The minimum absolute atomic E-state index is 0.332. The summed E-state index contributed by atoms with van der Waals surface area (Å²) in [7, 11) is 0. The largest absolute Gasteiger partial charge is 0.346 e. The predicted octanol–water partition coefficient (Wildman–Crippen LogP) is 4.74. The average molecular weight is 404 g/mol. The van der Waals surface area contributed by atoms with Crippen molar-refractivity contribution in [3.05, 3.63) is 30.7 Å². The fraction of sp³-hybridized carbons (Fsp3) is 0.381. The number of nitriles is 1. The highest BCUT2D eigenvalue weighted by Gasteiger charge is 2.27. The molecule has 0 radical (unpaired) electrons. The Kier molecular flexibility index (Phi) is 4.68. The first-order valence-corrected chi connectivity index (χ1v) is 11.1. The second kappa shape index (κ2) is 7.48. The first-order chi connectivity index (χ1) is 14.3. The summed E-state index contributed by atoms with van der Waals surface area (Å²) in [6.45, 7) is 0. The molecule has 4 heterocycles. The van der Waals surface area contributed by atoms with Crippen LogP contribution in [-0.2, 0) is 0 Å². The van der Waals surface area contributed by atoms with Crippen molar-refractivity contribution < 1.29 is 0 Å². The highest BCUT2D eigenvalue weighted by Crippen LogP contribution is 2.39. The van der Waals surface area contributed by atoms with E-state index in [1.165, 1.54) is 11.8 Å². The zero-order valence-electron chi connectivity index (χ0n) is 16.2. The molecule has 1 aliphatic rings. The first kappa shape index (κ1) is 18.1. The Bertz CT molecular complexity index is 1210. The molecule has 1 N–H and O–H groups in total. The third-order valence-corrected chi connectivity index (χ3v) is 6.40. The maximum absolute atomic E-state index is 9.05. The van der Waals surface area contributed by atoms with Crippen molar-refractivity contribution >= 4 is 33.8 Å². The van der Waals surface area contributed by atoms with Crippen LogP contribution in [0.2, 0.25) is 0 Å². The minimum Gasteiger partial charge on any atom is -0.346 e. The van der Waals surface area contributed by atoms with Gasteiger partial charge in [0.2, 0.25) is 0 Å². The second-order valence-electron chi connectivity index (χ2n) is 7.50. The summed E-state index contributed by atoms with van der Waals surface area (Å²) in [4.78, 5) is 21.7. The van der Waals surface area contributed by atoms with Gasteiger partial charge in [-0.1, -0.05) is 11.8 Å². The first-order valence-electron chi connectivity index (χ1n) is 9.87. The number of nitrogens with zero attached hydrogens (tertiary/aromatic N) is 6. The van der Waals surface area contributed by atoms with Crippen molar-refractivity contribution in [1.82, 2.24) is 29.5 Å². The van der Waals surface area contributed by atoms with Gasteiger partial charge < -0.3 is 9.55 Å². The summed E-state index contributed by atoms with van der Waals surface area (Å²) < 4.78 is 2.36. The molecule has 0 bridgehead atoms. The maximum Gasteiger partial charge on any atom is 0.187 e. The summed E-state index contributed by atoms with van der Waals surface area (Å²) in [6.07, 6.45) is 12.4. The van der Waals surface area contributed by atoms with Crippen LogP contribution in [0.5, 0.6) is 0 Å². The van der Waals surface area contributed by atoms with E-state index in [0.717, 1.165) is 64.4 Å². The number of thioether (sulfide) groups is 1. The lowest BCUT2D eigenvalue weighted by molar-refractivity contribution is 0.283. The van der Waals surface area contributed by atoms with Crippen molar-refractivity contribution in [2.24, 2.45) is 5.92 Å². The summed E-state index contributed by atoms with van der Waals surface area (Å²) in [6, 6.07) is 6.67. The highest BCUT2D eigenvalue weighted by atomic mass is 32.2. The molecule has 29 heavy (non-hydrogen) atoms. The van der Waals surface area contributed by atoms with Gasteiger partial charge in [0.05, 0.1) is 17.8 Å². The zero-order valence-corrected chi connectivity index (χ0v) is 17.0. The van der Waals surface area contributed by atoms with E-state index in [9.17, 15) is 0 Å². The lowest BCUT2D eigenvalue weighted by Crippen LogP contribution is -2.19. The van der Waals surface area contributed by atoms with Gasteiger partial charge in [-0.3, -0.25) is 0 Å². The molecule has 0 atom stereocenters. The summed E-state index contributed by atoms with van der Waals surface area (Å²) >= 11 is 1.53. The Morgan fingerprint density at radius 2 is 2.07 bits per heavy atom. The average Bonchev–Trinajstić information content (AvgIpc) is 3.39. The Morgan fingerprint density at radius 1 is 1.21 bits per heavy atom. The van der Waals surface area contributed by atoms with Gasteiger partial charge in [-0.05, 0) is 50.0 Å². The van der Waals surface area contributed by atoms with E-state index in [-0.39, 0.29) is 0 Å². The molecule has 0 spiro atoms. The molecular weight excluding hydrogens is 382 g/mol. The standard InChI is InChI=1S/C21H21N7S/c1-29-21-24-11-8-16(27-21)20-26-17-12-25-19-15(7-10-23-19)18(17)28(20)14-4-2-13(3-5-14)6-9-22/h7-8,10-14H,2-6H2,1H3,(H,23,25)/t13-,14+. The third-order valence-electron chi connectivity index (χ3n) is 5.84. The number of hydrogen-bond donors (Lipinski definition) is 1. The van der Waals surface area contributed by atoms with Gasteiger partial charge in [0, 0.05) is 30.2 Å². The van der Waals surface area contributed by atoms with E-state index in [1.807, 2.05) is 24.7 Å². The van der Waals surface area contributed by atoms with Crippen LogP contribution in [0.15, 0.2) is 35.9 Å². The Balaban J connectivity index is 1.68. The number of nitrogens with one attached hydrogen (secondary N) is 1. The lowest BCUT2D eigenvalue weighted by Gasteiger charge is -2.29. The molecule has 4 aromatic rings. The molecule has 1 saturated carbocycles. The number of fused-ring (bicyclic) bond motifs is 3. The van der Waals surface area contributed by atoms with E-state index >= 15 is 0 Å². The fourth-order valence-electron chi connectivity index (χ4n) is 4.43. The number of pyridine rings is 1. The molecule has 0 unspecified atom stereocenters. The topological polar surface area (TPSA) is 96.1 Å². The van der Waals surface area contributed by atoms with Crippen LogP contribution in [0.1, 0.15) is 38.1 Å². The quantitative estimate of drug-likeness (QED) is 0.391. The van der Waals surface area contributed by atoms with E-state index in [2.05, 4.69) is 31.7 Å². The lowest BCUT2D eigenvalue weighted by atomic mass is 9.84. The number of aromatic amines is 1. The van der Waals surface area contributed by atoms with Crippen molar-refractivity contribution in [1.29, 1.82) is 5.26 Å². The van der Waals surface area contributed by atoms with Gasteiger partial charge in [0.25, 0.3) is 0 Å². The van der Waals surface area contributed by atoms with Crippen LogP contribution in [-0.4, -0.2) is 35.7 Å². The van der Waals surface area contributed by atoms with E-state index < -0.39 is 0 Å². The molecule has 1 fully saturated rings. The summed E-state index contributed by atoms with van der Waals surface area (Å²) in [5, 5.41) is 10.9. The predicted molar refractivity (Wildman–Crippen MR) is 113 cm³/mol. The molecule has 146 valence electrons. The van der Waals surface area contributed by atoms with Gasteiger partial charge >= 0.3 is 0 Å². The molecular formula is C21H21N7S. The van der Waals surface area contributed by atoms with Gasteiger partial charge in [-0.25, -0.2) is 19.9 Å². The number of rotatable bonds is 4. The van der Waals surface area contributed by atoms with Crippen LogP contribution in [0, 0.1) is 17.2 Å². The SMILES string of the molecule is CSc1nccc(-c2nc3cnc4[nH]ccc4c3n2[C@H]2CC[C@@H](CC#N)CC2)n1. The van der Waals surface area contributed by atoms with Gasteiger partial charge in [0.1, 0.15) is 16.9 Å². The van der Waals surface area contributed by atoms with Crippen molar-refractivity contribution in [3.63, 3.8) is 0 Å². The van der Waals surface area contributed by atoms with Gasteiger partial charge in [0.15, 0.2) is 11.0 Å². The molecule has 0 aliphatic heterocycles. The molecule has 0 saturated heterocycles. The van der Waals surface area contributed by atoms with Crippen LogP contribution in [0.25, 0.3) is 33.6 Å². The number of aromatic nitrogens is 6. The Labute approximate surface area is 172 Å². The number of H-pyrrole nitrogens is 1. The Hall–Kier alpha value is -2.92. The molecule has 8 heteroatoms. The molecule has 0 amide bonds. The smallest absolute Gasteiger partial charge is 0.187 e. The Morgan fingerprint density at radius 3 is 2.86 bits per heavy atom. The fourth-order valence-corrected chi connectivity index (χ4v) is 4.78. The second-order valence-corrected chi connectivity index (χ2v) is 8.28. The van der Waals surface area contributed by atoms with Crippen LogP contribution in [0.4, 0.5) is 0 Å². The minimum atomic E-state index is 0.332. The zero-order chi connectivity index (χ0) is 19.8. The highest BCUT2D eigenvalue weighted by molar-refractivity contribution is 7.98.